The Morgan fingerprint density at radius 1 is 1.12 bits per heavy atom. The van der Waals surface area contributed by atoms with E-state index in [0.717, 1.165) is 57.7 Å². The normalized spacial score (nSPS) is 16.6. The van der Waals surface area contributed by atoms with E-state index in [0.29, 0.717) is 0 Å². The molecule has 140 valence electrons. The second kappa shape index (κ2) is 11.2. The Hall–Kier alpha value is -1.52. The molecule has 4 nitrogen and oxygen atoms in total. The number of unbranched alkanes of at least 4 members (excludes halogenated alkanes) is 4. The highest BCUT2D eigenvalue weighted by atomic mass is 16.5. The first-order valence-electron chi connectivity index (χ1n) is 9.64. The molecular weight excluding hydrogens is 312 g/mol. The van der Waals surface area contributed by atoms with Gasteiger partial charge in [-0.25, -0.2) is 0 Å². The van der Waals surface area contributed by atoms with E-state index in [-0.39, 0.29) is 6.10 Å². The van der Waals surface area contributed by atoms with Crippen LogP contribution in [-0.4, -0.2) is 55.9 Å². The maximum absolute atomic E-state index is 10.3. The van der Waals surface area contributed by atoms with Crippen LogP contribution in [0.2, 0.25) is 0 Å². The van der Waals surface area contributed by atoms with Gasteiger partial charge in [0.1, 0.15) is 5.75 Å². The van der Waals surface area contributed by atoms with Crippen molar-refractivity contribution in [2.24, 2.45) is 0 Å². The van der Waals surface area contributed by atoms with Gasteiger partial charge in [0.05, 0.1) is 18.9 Å². The van der Waals surface area contributed by atoms with Crippen molar-refractivity contribution in [3.05, 3.63) is 36.9 Å². The number of ether oxygens (including phenoxy) is 1. The van der Waals surface area contributed by atoms with Crippen molar-refractivity contribution in [2.45, 2.75) is 44.6 Å². The molecule has 0 bridgehead atoms. The summed E-state index contributed by atoms with van der Waals surface area (Å²) in [6.45, 7) is 8.50. The van der Waals surface area contributed by atoms with E-state index in [9.17, 15) is 5.11 Å². The Morgan fingerprint density at radius 2 is 1.84 bits per heavy atom. The Labute approximate surface area is 153 Å². The molecule has 0 amide bonds. The van der Waals surface area contributed by atoms with Crippen LogP contribution < -0.4 is 9.64 Å². The van der Waals surface area contributed by atoms with Gasteiger partial charge < -0.3 is 14.7 Å². The molecule has 1 atom stereocenters. The summed E-state index contributed by atoms with van der Waals surface area (Å²) in [7, 11) is 1.73. The SMILES string of the molecule is C=CCCCCCCC(O)CN1CCN(c2ccccc2OC)CC1. The fourth-order valence-corrected chi connectivity index (χ4v) is 3.47. The van der Waals surface area contributed by atoms with Gasteiger partial charge in [0.15, 0.2) is 0 Å². The zero-order chi connectivity index (χ0) is 17.9. The number of hydrogen-bond donors (Lipinski definition) is 1. The summed E-state index contributed by atoms with van der Waals surface area (Å²) in [6, 6.07) is 8.20. The summed E-state index contributed by atoms with van der Waals surface area (Å²) in [4.78, 5) is 4.76. The molecule has 0 saturated carbocycles. The topological polar surface area (TPSA) is 35.9 Å². The van der Waals surface area contributed by atoms with Crippen LogP contribution in [0.15, 0.2) is 36.9 Å². The van der Waals surface area contributed by atoms with Crippen LogP contribution in [-0.2, 0) is 0 Å². The third-order valence-electron chi connectivity index (χ3n) is 4.96. The Bertz CT molecular complexity index is 498. The molecule has 1 aromatic carbocycles. The molecule has 1 N–H and O–H groups in total. The van der Waals surface area contributed by atoms with Gasteiger partial charge in [-0.05, 0) is 31.4 Å². The lowest BCUT2D eigenvalue weighted by atomic mass is 10.1. The Balaban J connectivity index is 1.65. The van der Waals surface area contributed by atoms with Crippen LogP contribution >= 0.6 is 0 Å². The minimum atomic E-state index is -0.197. The standard InChI is InChI=1S/C21H34N2O2/c1-3-4-5-6-7-8-11-19(24)18-22-14-16-23(17-15-22)20-12-9-10-13-21(20)25-2/h3,9-10,12-13,19,24H,1,4-8,11,14-18H2,2H3. The Morgan fingerprint density at radius 3 is 2.56 bits per heavy atom. The van der Waals surface area contributed by atoms with E-state index < -0.39 is 0 Å². The lowest BCUT2D eigenvalue weighted by Gasteiger charge is -2.37. The maximum Gasteiger partial charge on any atom is 0.142 e. The number of benzene rings is 1. The van der Waals surface area contributed by atoms with E-state index in [1.165, 1.54) is 24.9 Å². The molecule has 0 aliphatic carbocycles. The number of allylic oxidation sites excluding steroid dienone is 1. The molecule has 0 spiro atoms. The fourth-order valence-electron chi connectivity index (χ4n) is 3.47. The molecule has 4 heteroatoms. The number of piperazine rings is 1. The average molecular weight is 347 g/mol. The summed E-state index contributed by atoms with van der Waals surface area (Å²) in [5, 5.41) is 10.3. The van der Waals surface area contributed by atoms with Gasteiger partial charge in [-0.1, -0.05) is 37.5 Å². The summed E-state index contributed by atoms with van der Waals surface area (Å²) < 4.78 is 5.47. The number of nitrogens with zero attached hydrogens (tertiary/aromatic N) is 2. The van der Waals surface area contributed by atoms with Gasteiger partial charge in [-0.3, -0.25) is 4.90 Å². The minimum Gasteiger partial charge on any atom is -0.495 e. The van der Waals surface area contributed by atoms with E-state index in [4.69, 9.17) is 4.74 Å². The van der Waals surface area contributed by atoms with Gasteiger partial charge in [-0.2, -0.15) is 0 Å². The predicted molar refractivity (Wildman–Crippen MR) is 106 cm³/mol. The maximum atomic E-state index is 10.3. The van der Waals surface area contributed by atoms with Crippen LogP contribution in [0.25, 0.3) is 0 Å². The molecular formula is C21H34N2O2. The first kappa shape index (κ1) is 19.8. The highest BCUT2D eigenvalue weighted by Crippen LogP contribution is 2.28. The van der Waals surface area contributed by atoms with Crippen molar-refractivity contribution >= 4 is 5.69 Å². The summed E-state index contributed by atoms with van der Waals surface area (Å²) in [6.07, 6.45) is 8.63. The number of para-hydroxylation sites is 2. The lowest BCUT2D eigenvalue weighted by molar-refractivity contribution is 0.0996. The zero-order valence-corrected chi connectivity index (χ0v) is 15.7. The number of aliphatic hydroxyl groups excluding tert-OH is 1. The molecule has 0 radical (unpaired) electrons. The van der Waals surface area contributed by atoms with Gasteiger partial charge in [0.2, 0.25) is 0 Å². The largest absolute Gasteiger partial charge is 0.495 e. The highest BCUT2D eigenvalue weighted by molar-refractivity contribution is 5.58. The lowest BCUT2D eigenvalue weighted by Crippen LogP contribution is -2.48. The molecule has 2 rings (SSSR count). The molecule has 0 aromatic heterocycles. The number of anilines is 1. The summed E-state index contributed by atoms with van der Waals surface area (Å²) in [5.41, 5.74) is 1.17. The van der Waals surface area contributed by atoms with Gasteiger partial charge in [0, 0.05) is 32.7 Å². The van der Waals surface area contributed by atoms with Crippen molar-refractivity contribution in [2.75, 3.05) is 44.7 Å². The highest BCUT2D eigenvalue weighted by Gasteiger charge is 2.21. The van der Waals surface area contributed by atoms with Crippen molar-refractivity contribution in [1.82, 2.24) is 4.90 Å². The molecule has 1 aliphatic heterocycles. The van der Waals surface area contributed by atoms with Crippen molar-refractivity contribution < 1.29 is 9.84 Å². The molecule has 1 saturated heterocycles. The minimum absolute atomic E-state index is 0.197. The second-order valence-corrected chi connectivity index (χ2v) is 6.89. The average Bonchev–Trinajstić information content (AvgIpc) is 2.65. The smallest absolute Gasteiger partial charge is 0.142 e. The summed E-state index contributed by atoms with van der Waals surface area (Å²) in [5.74, 6) is 0.937. The van der Waals surface area contributed by atoms with Crippen molar-refractivity contribution in [1.29, 1.82) is 0 Å². The van der Waals surface area contributed by atoms with E-state index >= 15 is 0 Å². The monoisotopic (exact) mass is 346 g/mol. The number of hydrogen-bond acceptors (Lipinski definition) is 4. The first-order chi connectivity index (χ1) is 12.2. The van der Waals surface area contributed by atoms with Crippen molar-refractivity contribution in [3.8, 4) is 5.75 Å². The third-order valence-corrected chi connectivity index (χ3v) is 4.96. The van der Waals surface area contributed by atoms with Gasteiger partial charge in [0.25, 0.3) is 0 Å². The van der Waals surface area contributed by atoms with Crippen molar-refractivity contribution in [3.63, 3.8) is 0 Å². The van der Waals surface area contributed by atoms with E-state index in [2.05, 4.69) is 28.5 Å². The molecule has 1 aliphatic rings. The summed E-state index contributed by atoms with van der Waals surface area (Å²) >= 11 is 0. The molecule has 1 fully saturated rings. The number of β-amino-alcohol motifs (C(OH)–C–C–N with tert-alkyl or cyclic N) is 1. The van der Waals surface area contributed by atoms with Crippen LogP contribution in [0.4, 0.5) is 5.69 Å². The quantitative estimate of drug-likeness (QED) is 0.489. The third kappa shape index (κ3) is 6.71. The van der Waals surface area contributed by atoms with Crippen LogP contribution in [0.3, 0.4) is 0 Å². The fraction of sp³-hybridized carbons (Fsp3) is 0.619. The van der Waals surface area contributed by atoms with Gasteiger partial charge >= 0.3 is 0 Å². The second-order valence-electron chi connectivity index (χ2n) is 6.89. The van der Waals surface area contributed by atoms with Crippen LogP contribution in [0, 0.1) is 0 Å². The molecule has 1 unspecified atom stereocenters. The van der Waals surface area contributed by atoms with E-state index in [1.54, 1.807) is 7.11 Å². The molecule has 1 heterocycles. The Kier molecular flexibility index (Phi) is 8.84. The predicted octanol–water partition coefficient (Wildman–Crippen LogP) is 3.70. The number of rotatable bonds is 11. The zero-order valence-electron chi connectivity index (χ0n) is 15.7. The number of methoxy groups -OCH3 is 1. The molecule has 1 aromatic rings. The van der Waals surface area contributed by atoms with Gasteiger partial charge in [-0.15, -0.1) is 6.58 Å². The van der Waals surface area contributed by atoms with Crippen LogP contribution in [0.1, 0.15) is 38.5 Å². The van der Waals surface area contributed by atoms with E-state index in [1.807, 2.05) is 18.2 Å². The molecule has 25 heavy (non-hydrogen) atoms. The first-order valence-corrected chi connectivity index (χ1v) is 9.64. The number of aliphatic hydroxyl groups is 1. The van der Waals surface area contributed by atoms with Crippen LogP contribution in [0.5, 0.6) is 5.75 Å².